The van der Waals surface area contributed by atoms with Gasteiger partial charge < -0.3 is 19.5 Å². The Balaban J connectivity index is 1.68. The molecule has 0 aliphatic carbocycles. The summed E-state index contributed by atoms with van der Waals surface area (Å²) in [4.78, 5) is 12.2. The quantitative estimate of drug-likeness (QED) is 0.943. The van der Waals surface area contributed by atoms with Crippen LogP contribution in [-0.4, -0.2) is 26.2 Å². The van der Waals surface area contributed by atoms with E-state index in [-0.39, 0.29) is 5.91 Å². The fourth-order valence-corrected chi connectivity index (χ4v) is 2.44. The number of rotatable bonds is 4. The number of amides is 1. The van der Waals surface area contributed by atoms with E-state index in [0.717, 1.165) is 28.4 Å². The van der Waals surface area contributed by atoms with Gasteiger partial charge >= 0.3 is 0 Å². The number of aryl methyl sites for hydroxylation is 1. The fourth-order valence-electron chi connectivity index (χ4n) is 2.44. The lowest BCUT2D eigenvalue weighted by molar-refractivity contribution is 0.0950. The van der Waals surface area contributed by atoms with Gasteiger partial charge in [0.2, 0.25) is 0 Å². The number of fused-ring (bicyclic) bond motifs is 1. The maximum absolute atomic E-state index is 12.2. The topological polar surface area (TPSA) is 56.8 Å². The first kappa shape index (κ1) is 15.2. The average molecular weight is 313 g/mol. The molecule has 0 saturated carbocycles. The van der Waals surface area contributed by atoms with Crippen LogP contribution in [0.1, 0.15) is 21.5 Å². The van der Waals surface area contributed by atoms with Gasteiger partial charge in [-0.25, -0.2) is 0 Å². The summed E-state index contributed by atoms with van der Waals surface area (Å²) in [5, 5.41) is 2.92. The van der Waals surface area contributed by atoms with Crippen molar-refractivity contribution in [3.05, 3.63) is 53.1 Å². The number of nitrogens with one attached hydrogen (secondary N) is 1. The molecule has 1 heterocycles. The minimum Gasteiger partial charge on any atom is -0.497 e. The molecule has 0 fully saturated rings. The molecule has 3 rings (SSSR count). The van der Waals surface area contributed by atoms with Gasteiger partial charge in [-0.2, -0.15) is 0 Å². The van der Waals surface area contributed by atoms with E-state index in [2.05, 4.69) is 5.32 Å². The highest BCUT2D eigenvalue weighted by Crippen LogP contribution is 2.32. The second-order valence-corrected chi connectivity index (χ2v) is 5.33. The molecule has 120 valence electrons. The van der Waals surface area contributed by atoms with Gasteiger partial charge in [-0.3, -0.25) is 4.79 Å². The van der Waals surface area contributed by atoms with Crippen molar-refractivity contribution < 1.29 is 19.0 Å². The molecular weight excluding hydrogens is 294 g/mol. The van der Waals surface area contributed by atoms with Gasteiger partial charge in [-0.05, 0) is 54.4 Å². The summed E-state index contributed by atoms with van der Waals surface area (Å²) in [6, 6.07) is 10.9. The molecule has 1 N–H and O–H groups in total. The standard InChI is InChI=1S/C18H19NO4/c1-12-9-16-17(23-8-7-22-16)10-14(12)11-19-18(20)13-3-5-15(21-2)6-4-13/h3-6,9-10H,7-8,11H2,1-2H3,(H,19,20). The maximum Gasteiger partial charge on any atom is 0.251 e. The normalized spacial score (nSPS) is 12.6. The SMILES string of the molecule is COc1ccc(C(=O)NCc2cc3c(cc2C)OCCO3)cc1. The van der Waals surface area contributed by atoms with E-state index in [1.165, 1.54) is 0 Å². The zero-order valence-corrected chi connectivity index (χ0v) is 13.2. The number of ether oxygens (including phenoxy) is 3. The molecule has 1 aliphatic rings. The van der Waals surface area contributed by atoms with E-state index in [1.807, 2.05) is 19.1 Å². The van der Waals surface area contributed by atoms with E-state index >= 15 is 0 Å². The third-order valence-corrected chi connectivity index (χ3v) is 3.79. The zero-order valence-electron chi connectivity index (χ0n) is 13.2. The van der Waals surface area contributed by atoms with Crippen molar-refractivity contribution in [1.29, 1.82) is 0 Å². The van der Waals surface area contributed by atoms with Crippen molar-refractivity contribution in [2.24, 2.45) is 0 Å². The van der Waals surface area contributed by atoms with E-state index < -0.39 is 0 Å². The highest BCUT2D eigenvalue weighted by atomic mass is 16.6. The Bertz CT molecular complexity index is 710. The van der Waals surface area contributed by atoms with Gasteiger partial charge in [0.1, 0.15) is 19.0 Å². The first-order valence-electron chi connectivity index (χ1n) is 7.49. The fraction of sp³-hybridized carbons (Fsp3) is 0.278. The predicted molar refractivity (Wildman–Crippen MR) is 86.3 cm³/mol. The molecule has 1 amide bonds. The number of benzene rings is 2. The predicted octanol–water partition coefficient (Wildman–Crippen LogP) is 2.70. The van der Waals surface area contributed by atoms with Gasteiger partial charge in [0.25, 0.3) is 5.91 Å². The van der Waals surface area contributed by atoms with Crippen molar-refractivity contribution in [1.82, 2.24) is 5.32 Å². The second kappa shape index (κ2) is 6.60. The average Bonchev–Trinajstić information content (AvgIpc) is 2.59. The third kappa shape index (κ3) is 3.39. The van der Waals surface area contributed by atoms with E-state index in [9.17, 15) is 4.79 Å². The second-order valence-electron chi connectivity index (χ2n) is 5.33. The zero-order chi connectivity index (χ0) is 16.2. The Kier molecular flexibility index (Phi) is 4.37. The van der Waals surface area contributed by atoms with Crippen molar-refractivity contribution in [3.8, 4) is 17.2 Å². The summed E-state index contributed by atoms with van der Waals surface area (Å²) in [6.07, 6.45) is 0. The van der Waals surface area contributed by atoms with Crippen LogP contribution >= 0.6 is 0 Å². The molecule has 1 aliphatic heterocycles. The smallest absolute Gasteiger partial charge is 0.251 e. The van der Waals surface area contributed by atoms with Crippen LogP contribution in [0.5, 0.6) is 17.2 Å². The highest BCUT2D eigenvalue weighted by molar-refractivity contribution is 5.94. The number of hydrogen-bond donors (Lipinski definition) is 1. The van der Waals surface area contributed by atoms with Crippen molar-refractivity contribution in [2.75, 3.05) is 20.3 Å². The number of carbonyl (C=O) groups excluding carboxylic acids is 1. The van der Waals surface area contributed by atoms with Crippen molar-refractivity contribution in [3.63, 3.8) is 0 Å². The van der Waals surface area contributed by atoms with Crippen molar-refractivity contribution in [2.45, 2.75) is 13.5 Å². The lowest BCUT2D eigenvalue weighted by Gasteiger charge is -2.20. The summed E-state index contributed by atoms with van der Waals surface area (Å²) < 4.78 is 16.2. The van der Waals surface area contributed by atoms with E-state index in [1.54, 1.807) is 31.4 Å². The Labute approximate surface area is 135 Å². The van der Waals surface area contributed by atoms with Gasteiger partial charge in [0.05, 0.1) is 7.11 Å². The molecular formula is C18H19NO4. The van der Waals surface area contributed by atoms with Crippen LogP contribution < -0.4 is 19.5 Å². The Morgan fingerprint density at radius 2 is 1.78 bits per heavy atom. The molecule has 2 aromatic rings. The summed E-state index contributed by atoms with van der Waals surface area (Å²) in [5.74, 6) is 2.10. The number of methoxy groups -OCH3 is 1. The third-order valence-electron chi connectivity index (χ3n) is 3.79. The van der Waals surface area contributed by atoms with Gasteiger partial charge in [-0.1, -0.05) is 0 Å². The lowest BCUT2D eigenvalue weighted by Crippen LogP contribution is -2.23. The van der Waals surface area contributed by atoms with Crippen molar-refractivity contribution >= 4 is 5.91 Å². The minimum atomic E-state index is -0.123. The molecule has 0 bridgehead atoms. The Hall–Kier alpha value is -2.69. The molecule has 5 heteroatoms. The molecule has 0 aromatic heterocycles. The van der Waals surface area contributed by atoms with Crippen LogP contribution in [0.3, 0.4) is 0 Å². The molecule has 5 nitrogen and oxygen atoms in total. The largest absolute Gasteiger partial charge is 0.497 e. The molecule has 0 unspecified atom stereocenters. The molecule has 2 aromatic carbocycles. The summed E-state index contributed by atoms with van der Waals surface area (Å²) >= 11 is 0. The van der Waals surface area contributed by atoms with Gasteiger partial charge in [0, 0.05) is 12.1 Å². The maximum atomic E-state index is 12.2. The van der Waals surface area contributed by atoms with Crippen LogP contribution in [0, 0.1) is 6.92 Å². The van der Waals surface area contributed by atoms with Crippen LogP contribution in [-0.2, 0) is 6.54 Å². The molecule has 0 atom stereocenters. The van der Waals surface area contributed by atoms with Gasteiger partial charge in [-0.15, -0.1) is 0 Å². The summed E-state index contributed by atoms with van der Waals surface area (Å²) in [6.45, 7) is 3.55. The van der Waals surface area contributed by atoms with Crippen LogP contribution in [0.25, 0.3) is 0 Å². The summed E-state index contributed by atoms with van der Waals surface area (Å²) in [7, 11) is 1.60. The highest BCUT2D eigenvalue weighted by Gasteiger charge is 2.14. The minimum absolute atomic E-state index is 0.123. The van der Waals surface area contributed by atoms with Crippen LogP contribution in [0.15, 0.2) is 36.4 Å². The van der Waals surface area contributed by atoms with E-state index in [4.69, 9.17) is 14.2 Å². The molecule has 0 spiro atoms. The molecule has 0 saturated heterocycles. The lowest BCUT2D eigenvalue weighted by atomic mass is 10.1. The molecule has 23 heavy (non-hydrogen) atoms. The van der Waals surface area contributed by atoms with Gasteiger partial charge in [0.15, 0.2) is 11.5 Å². The molecule has 0 radical (unpaired) electrons. The summed E-state index contributed by atoms with van der Waals surface area (Å²) in [5.41, 5.74) is 2.67. The van der Waals surface area contributed by atoms with Crippen LogP contribution in [0.2, 0.25) is 0 Å². The number of hydrogen-bond acceptors (Lipinski definition) is 4. The first-order valence-corrected chi connectivity index (χ1v) is 7.49. The number of carbonyl (C=O) groups is 1. The van der Waals surface area contributed by atoms with E-state index in [0.29, 0.717) is 25.3 Å². The Morgan fingerprint density at radius 1 is 1.13 bits per heavy atom. The Morgan fingerprint density at radius 3 is 2.43 bits per heavy atom. The monoisotopic (exact) mass is 313 g/mol. The van der Waals surface area contributed by atoms with Crippen LogP contribution in [0.4, 0.5) is 0 Å². The first-order chi connectivity index (χ1) is 11.2.